The van der Waals surface area contributed by atoms with Crippen molar-refractivity contribution in [2.24, 2.45) is 0 Å². The van der Waals surface area contributed by atoms with Gasteiger partial charge in [0.15, 0.2) is 5.78 Å². The Labute approximate surface area is 83.5 Å². The van der Waals surface area contributed by atoms with Gasteiger partial charge in [-0.1, -0.05) is 0 Å². The first-order valence-electron chi connectivity index (χ1n) is 3.76. The van der Waals surface area contributed by atoms with Crippen molar-refractivity contribution in [2.75, 3.05) is 0 Å². The molecule has 0 heterocycles. The van der Waals surface area contributed by atoms with E-state index in [4.69, 9.17) is 11.6 Å². The Kier molecular flexibility index (Phi) is 3.16. The lowest BCUT2D eigenvalue weighted by molar-refractivity contribution is 0.0983. The van der Waals surface area contributed by atoms with Crippen LogP contribution in [0.4, 0.5) is 13.2 Å². The number of carbonyl (C=O) groups is 1. The molecule has 0 amide bonds. The maximum atomic E-state index is 13.0. The summed E-state index contributed by atoms with van der Waals surface area (Å²) in [7, 11) is 0. The third-order valence-corrected chi connectivity index (χ3v) is 1.81. The molecule has 0 fully saturated rings. The van der Waals surface area contributed by atoms with Crippen molar-refractivity contribution < 1.29 is 18.0 Å². The average molecular weight is 223 g/mol. The fourth-order valence-electron chi connectivity index (χ4n) is 0.976. The summed E-state index contributed by atoms with van der Waals surface area (Å²) >= 11 is 5.37. The van der Waals surface area contributed by atoms with E-state index < -0.39 is 34.2 Å². The fourth-order valence-corrected chi connectivity index (χ4v) is 1.09. The van der Waals surface area contributed by atoms with Crippen LogP contribution < -0.4 is 0 Å². The van der Waals surface area contributed by atoms with E-state index >= 15 is 0 Å². The van der Waals surface area contributed by atoms with Gasteiger partial charge in [-0.2, -0.15) is 0 Å². The van der Waals surface area contributed by atoms with Gasteiger partial charge in [0.2, 0.25) is 0 Å². The number of ketones is 1. The number of rotatable bonds is 2. The number of carbonyl (C=O) groups excluding carboxylic acids is 1. The quantitative estimate of drug-likeness (QED) is 0.556. The van der Waals surface area contributed by atoms with E-state index in [1.807, 2.05) is 0 Å². The molecule has 0 aliphatic carbocycles. The molecule has 0 saturated heterocycles. The van der Waals surface area contributed by atoms with Gasteiger partial charge in [-0.05, 0) is 6.92 Å². The summed E-state index contributed by atoms with van der Waals surface area (Å²) in [5.41, 5.74) is -0.797. The molecule has 0 bridgehead atoms. The molecular weight excluding hydrogens is 217 g/mol. The SMILES string of the molecule is CC(Cl)C(=O)c1c(F)cc(F)cc1F. The summed E-state index contributed by atoms with van der Waals surface area (Å²) in [6, 6.07) is 0.880. The summed E-state index contributed by atoms with van der Waals surface area (Å²) < 4.78 is 38.4. The van der Waals surface area contributed by atoms with E-state index in [1.165, 1.54) is 6.92 Å². The van der Waals surface area contributed by atoms with Gasteiger partial charge >= 0.3 is 0 Å². The highest BCUT2D eigenvalue weighted by Crippen LogP contribution is 2.18. The van der Waals surface area contributed by atoms with Gasteiger partial charge in [-0.3, -0.25) is 4.79 Å². The van der Waals surface area contributed by atoms with E-state index in [2.05, 4.69) is 0 Å². The lowest BCUT2D eigenvalue weighted by atomic mass is 10.1. The van der Waals surface area contributed by atoms with Crippen LogP contribution in [0.5, 0.6) is 0 Å². The molecule has 0 aliphatic heterocycles. The van der Waals surface area contributed by atoms with Crippen molar-refractivity contribution >= 4 is 17.4 Å². The molecule has 14 heavy (non-hydrogen) atoms. The highest BCUT2D eigenvalue weighted by Gasteiger charge is 2.22. The first-order valence-corrected chi connectivity index (χ1v) is 4.20. The summed E-state index contributed by atoms with van der Waals surface area (Å²) in [4.78, 5) is 11.2. The molecule has 1 aromatic rings. The molecule has 0 radical (unpaired) electrons. The smallest absolute Gasteiger partial charge is 0.186 e. The fraction of sp³-hybridized carbons (Fsp3) is 0.222. The van der Waals surface area contributed by atoms with Gasteiger partial charge in [-0.15, -0.1) is 11.6 Å². The van der Waals surface area contributed by atoms with Crippen molar-refractivity contribution in [3.05, 3.63) is 35.1 Å². The second kappa shape index (κ2) is 4.00. The zero-order chi connectivity index (χ0) is 10.9. The van der Waals surface area contributed by atoms with Gasteiger partial charge < -0.3 is 0 Å². The maximum Gasteiger partial charge on any atom is 0.186 e. The molecule has 1 atom stereocenters. The number of hydrogen-bond donors (Lipinski definition) is 0. The zero-order valence-corrected chi connectivity index (χ0v) is 7.91. The molecule has 0 aromatic heterocycles. The summed E-state index contributed by atoms with van der Waals surface area (Å²) in [6.45, 7) is 1.28. The van der Waals surface area contributed by atoms with Crippen LogP contribution in [0.1, 0.15) is 17.3 Å². The largest absolute Gasteiger partial charge is 0.292 e. The highest BCUT2D eigenvalue weighted by molar-refractivity contribution is 6.33. The van der Waals surface area contributed by atoms with E-state index in [-0.39, 0.29) is 0 Å². The van der Waals surface area contributed by atoms with Crippen LogP contribution in [-0.2, 0) is 0 Å². The van der Waals surface area contributed by atoms with Crippen LogP contribution in [0, 0.1) is 17.5 Å². The monoisotopic (exact) mass is 222 g/mol. The summed E-state index contributed by atoms with van der Waals surface area (Å²) in [5.74, 6) is -4.44. The molecule has 0 N–H and O–H groups in total. The molecule has 1 nitrogen and oxygen atoms in total. The van der Waals surface area contributed by atoms with Gasteiger partial charge in [0, 0.05) is 12.1 Å². The Morgan fingerprint density at radius 1 is 1.29 bits per heavy atom. The Bertz CT molecular complexity index is 353. The summed E-state index contributed by atoms with van der Waals surface area (Å²) in [5, 5.41) is -1.05. The number of benzene rings is 1. The second-order valence-corrected chi connectivity index (χ2v) is 3.38. The normalized spacial score (nSPS) is 12.6. The zero-order valence-electron chi connectivity index (χ0n) is 7.15. The minimum Gasteiger partial charge on any atom is -0.292 e. The second-order valence-electron chi connectivity index (χ2n) is 2.72. The first kappa shape index (κ1) is 11.0. The van der Waals surface area contributed by atoms with Crippen LogP contribution in [0.3, 0.4) is 0 Å². The molecule has 76 valence electrons. The number of alkyl halides is 1. The Hall–Kier alpha value is -1.03. The molecule has 0 spiro atoms. The Morgan fingerprint density at radius 3 is 2.07 bits per heavy atom. The van der Waals surface area contributed by atoms with Crippen molar-refractivity contribution in [1.29, 1.82) is 0 Å². The third kappa shape index (κ3) is 2.07. The minimum absolute atomic E-state index is 0.440. The van der Waals surface area contributed by atoms with Gasteiger partial charge in [-0.25, -0.2) is 13.2 Å². The maximum absolute atomic E-state index is 13.0. The standard InChI is InChI=1S/C9H6ClF3O/c1-4(10)9(14)8-6(12)2-5(11)3-7(8)13/h2-4H,1H3. The van der Waals surface area contributed by atoms with E-state index in [9.17, 15) is 18.0 Å². The van der Waals surface area contributed by atoms with Crippen molar-refractivity contribution in [1.82, 2.24) is 0 Å². The number of Topliss-reactive ketones (excluding diaryl/α,β-unsaturated/α-hetero) is 1. The van der Waals surface area contributed by atoms with E-state index in [0.29, 0.717) is 12.1 Å². The predicted octanol–water partition coefficient (Wildman–Crippen LogP) is 2.91. The average Bonchev–Trinajstić information content (AvgIpc) is 2.01. The topological polar surface area (TPSA) is 17.1 Å². The molecule has 1 unspecified atom stereocenters. The lowest BCUT2D eigenvalue weighted by Gasteiger charge is -2.05. The number of hydrogen-bond acceptors (Lipinski definition) is 1. The highest BCUT2D eigenvalue weighted by atomic mass is 35.5. The van der Waals surface area contributed by atoms with Crippen molar-refractivity contribution in [2.45, 2.75) is 12.3 Å². The third-order valence-electron chi connectivity index (χ3n) is 1.61. The van der Waals surface area contributed by atoms with E-state index in [1.54, 1.807) is 0 Å². The molecule has 0 aliphatic rings. The Balaban J connectivity index is 3.28. The molecule has 1 aromatic carbocycles. The molecule has 1 rings (SSSR count). The van der Waals surface area contributed by atoms with Crippen molar-refractivity contribution in [3.8, 4) is 0 Å². The molecular formula is C9H6ClF3O. The van der Waals surface area contributed by atoms with Crippen molar-refractivity contribution in [3.63, 3.8) is 0 Å². The first-order chi connectivity index (χ1) is 6.43. The minimum atomic E-state index is -1.24. The number of halogens is 4. The van der Waals surface area contributed by atoms with Crippen LogP contribution >= 0.6 is 11.6 Å². The van der Waals surface area contributed by atoms with Gasteiger partial charge in [0.25, 0.3) is 0 Å². The predicted molar refractivity (Wildman–Crippen MR) is 46.0 cm³/mol. The lowest BCUT2D eigenvalue weighted by Crippen LogP contribution is -2.15. The van der Waals surface area contributed by atoms with Crippen LogP contribution in [0.15, 0.2) is 12.1 Å². The van der Waals surface area contributed by atoms with E-state index in [0.717, 1.165) is 0 Å². The van der Waals surface area contributed by atoms with Gasteiger partial charge in [0.05, 0.1) is 10.9 Å². The Morgan fingerprint density at radius 2 is 1.71 bits per heavy atom. The van der Waals surface area contributed by atoms with Crippen LogP contribution in [0.25, 0.3) is 0 Å². The molecule has 0 saturated carbocycles. The van der Waals surface area contributed by atoms with Crippen LogP contribution in [0.2, 0.25) is 0 Å². The summed E-state index contributed by atoms with van der Waals surface area (Å²) in [6.07, 6.45) is 0. The van der Waals surface area contributed by atoms with Gasteiger partial charge in [0.1, 0.15) is 17.5 Å². The van der Waals surface area contributed by atoms with Crippen LogP contribution in [-0.4, -0.2) is 11.2 Å². The molecule has 5 heteroatoms.